The Morgan fingerprint density at radius 3 is 2.93 bits per heavy atom. The number of benzene rings is 1. The molecule has 0 spiro atoms. The molecule has 3 heteroatoms. The van der Waals surface area contributed by atoms with Crippen LogP contribution in [0.2, 0.25) is 0 Å². The second-order valence-electron chi connectivity index (χ2n) is 3.93. The van der Waals surface area contributed by atoms with Crippen LogP contribution in [0.25, 0.3) is 0 Å². The normalized spacial score (nSPS) is 24.4. The molecule has 0 radical (unpaired) electrons. The van der Waals surface area contributed by atoms with Crippen molar-refractivity contribution in [2.75, 3.05) is 0 Å². The zero-order valence-corrected chi connectivity index (χ0v) is 9.42. The van der Waals surface area contributed by atoms with Crippen LogP contribution in [0.3, 0.4) is 0 Å². The number of hydrogen-bond acceptors (Lipinski definition) is 1. The fourth-order valence-corrected chi connectivity index (χ4v) is 2.42. The van der Waals surface area contributed by atoms with E-state index in [-0.39, 0.29) is 17.3 Å². The number of hydrogen-bond donors (Lipinski definition) is 1. The third-order valence-electron chi connectivity index (χ3n) is 2.80. The van der Waals surface area contributed by atoms with E-state index in [0.29, 0.717) is 0 Å². The van der Waals surface area contributed by atoms with Crippen molar-refractivity contribution in [1.29, 1.82) is 0 Å². The van der Waals surface area contributed by atoms with E-state index in [2.05, 4.69) is 11.4 Å². The van der Waals surface area contributed by atoms with E-state index >= 15 is 0 Å². The highest BCUT2D eigenvalue weighted by Crippen LogP contribution is 2.32. The van der Waals surface area contributed by atoms with Crippen molar-refractivity contribution in [3.8, 4) is 0 Å². The number of rotatable bonds is 1. The number of carbonyl (C=O) groups is 1. The molecule has 0 saturated carbocycles. The van der Waals surface area contributed by atoms with Crippen molar-refractivity contribution in [2.45, 2.75) is 31.2 Å². The molecule has 80 valence electrons. The van der Waals surface area contributed by atoms with Crippen molar-refractivity contribution >= 4 is 17.5 Å². The Kier molecular flexibility index (Phi) is 2.96. The average Bonchev–Trinajstić information content (AvgIpc) is 2.22. The predicted octanol–water partition coefficient (Wildman–Crippen LogP) is 2.42. The first-order chi connectivity index (χ1) is 7.18. The molecule has 2 nitrogen and oxygen atoms in total. The molecule has 0 heterocycles. The maximum atomic E-state index is 11.1. The van der Waals surface area contributed by atoms with Crippen LogP contribution < -0.4 is 5.32 Å². The quantitative estimate of drug-likeness (QED) is 0.728. The van der Waals surface area contributed by atoms with Gasteiger partial charge in [-0.05, 0) is 24.0 Å². The first-order valence-electron chi connectivity index (χ1n) is 5.17. The molecular weight excluding hydrogens is 210 g/mol. The molecule has 0 aliphatic heterocycles. The van der Waals surface area contributed by atoms with E-state index in [9.17, 15) is 4.79 Å². The van der Waals surface area contributed by atoms with Gasteiger partial charge in [0.2, 0.25) is 5.91 Å². The molecule has 2 rings (SSSR count). The van der Waals surface area contributed by atoms with E-state index in [1.165, 1.54) is 18.1 Å². The van der Waals surface area contributed by atoms with Crippen LogP contribution >= 0.6 is 11.6 Å². The summed E-state index contributed by atoms with van der Waals surface area (Å²) in [6.45, 7) is 1.53. The minimum atomic E-state index is -0.0332. The Morgan fingerprint density at radius 1 is 1.47 bits per heavy atom. The first-order valence-corrected chi connectivity index (χ1v) is 5.61. The number of alkyl halides is 1. The highest BCUT2D eigenvalue weighted by molar-refractivity contribution is 6.21. The van der Waals surface area contributed by atoms with E-state index in [4.69, 9.17) is 11.6 Å². The van der Waals surface area contributed by atoms with Crippen LogP contribution in [0.5, 0.6) is 0 Å². The van der Waals surface area contributed by atoms with E-state index in [1.807, 2.05) is 18.2 Å². The monoisotopic (exact) mass is 223 g/mol. The molecule has 2 atom stereocenters. The molecule has 1 amide bonds. The predicted molar refractivity (Wildman–Crippen MR) is 61.0 cm³/mol. The van der Waals surface area contributed by atoms with Gasteiger partial charge in [0.15, 0.2) is 0 Å². The molecule has 15 heavy (non-hydrogen) atoms. The summed E-state index contributed by atoms with van der Waals surface area (Å²) < 4.78 is 0. The van der Waals surface area contributed by atoms with Crippen molar-refractivity contribution in [2.24, 2.45) is 0 Å². The molecule has 0 bridgehead atoms. The van der Waals surface area contributed by atoms with Gasteiger partial charge in [-0.25, -0.2) is 0 Å². The van der Waals surface area contributed by atoms with Gasteiger partial charge in [-0.15, -0.1) is 11.6 Å². The van der Waals surface area contributed by atoms with Crippen molar-refractivity contribution < 1.29 is 4.79 Å². The van der Waals surface area contributed by atoms with Crippen LogP contribution in [0, 0.1) is 0 Å². The maximum Gasteiger partial charge on any atom is 0.217 e. The fourth-order valence-electron chi connectivity index (χ4n) is 2.11. The van der Waals surface area contributed by atoms with Crippen LogP contribution in [0.4, 0.5) is 0 Å². The summed E-state index contributed by atoms with van der Waals surface area (Å²) in [7, 11) is 0. The van der Waals surface area contributed by atoms with Crippen LogP contribution in [-0.4, -0.2) is 11.3 Å². The second kappa shape index (κ2) is 4.23. The van der Waals surface area contributed by atoms with Gasteiger partial charge >= 0.3 is 0 Å². The number of aryl methyl sites for hydroxylation is 1. The third kappa shape index (κ3) is 2.15. The molecule has 1 N–H and O–H groups in total. The lowest BCUT2D eigenvalue weighted by molar-refractivity contribution is -0.119. The summed E-state index contributed by atoms with van der Waals surface area (Å²) in [4.78, 5) is 11.1. The molecular formula is C12H14ClNO. The van der Waals surface area contributed by atoms with Gasteiger partial charge in [0.05, 0.1) is 11.4 Å². The van der Waals surface area contributed by atoms with Crippen molar-refractivity contribution in [1.82, 2.24) is 5.32 Å². The topological polar surface area (TPSA) is 29.1 Å². The smallest absolute Gasteiger partial charge is 0.217 e. The SMILES string of the molecule is CC(=O)N[C@@H]1c2ccccc2CC[C@@H]1Cl. The summed E-state index contributed by atoms with van der Waals surface area (Å²) >= 11 is 6.24. The Balaban J connectivity index is 2.32. The summed E-state index contributed by atoms with van der Waals surface area (Å²) in [6.07, 6.45) is 1.92. The highest BCUT2D eigenvalue weighted by Gasteiger charge is 2.28. The Morgan fingerprint density at radius 2 is 2.20 bits per heavy atom. The zero-order chi connectivity index (χ0) is 10.8. The molecule has 1 aromatic carbocycles. The van der Waals surface area contributed by atoms with Gasteiger partial charge in [-0.1, -0.05) is 24.3 Å². The molecule has 0 saturated heterocycles. The lowest BCUT2D eigenvalue weighted by atomic mass is 9.87. The molecule has 1 aliphatic rings. The Bertz CT molecular complexity index is 378. The summed E-state index contributed by atoms with van der Waals surface area (Å²) in [5.41, 5.74) is 2.46. The molecule has 0 fully saturated rings. The minimum Gasteiger partial charge on any atom is -0.348 e. The van der Waals surface area contributed by atoms with Gasteiger partial charge in [-0.2, -0.15) is 0 Å². The number of amides is 1. The van der Waals surface area contributed by atoms with Gasteiger partial charge in [-0.3, -0.25) is 4.79 Å². The maximum absolute atomic E-state index is 11.1. The second-order valence-corrected chi connectivity index (χ2v) is 4.49. The van der Waals surface area contributed by atoms with Crippen LogP contribution in [0.15, 0.2) is 24.3 Å². The van der Waals surface area contributed by atoms with Gasteiger partial charge < -0.3 is 5.32 Å². The molecule has 1 aromatic rings. The Labute approximate surface area is 94.6 Å². The Hall–Kier alpha value is -1.02. The number of nitrogens with one attached hydrogen (secondary N) is 1. The van der Waals surface area contributed by atoms with Gasteiger partial charge in [0.25, 0.3) is 0 Å². The lowest BCUT2D eigenvalue weighted by Gasteiger charge is -2.30. The lowest BCUT2D eigenvalue weighted by Crippen LogP contribution is -2.35. The largest absolute Gasteiger partial charge is 0.348 e. The van der Waals surface area contributed by atoms with E-state index in [1.54, 1.807) is 0 Å². The number of fused-ring (bicyclic) bond motifs is 1. The third-order valence-corrected chi connectivity index (χ3v) is 3.27. The van der Waals surface area contributed by atoms with E-state index in [0.717, 1.165) is 12.8 Å². The van der Waals surface area contributed by atoms with Gasteiger partial charge in [0, 0.05) is 6.92 Å². The average molecular weight is 224 g/mol. The molecule has 0 aromatic heterocycles. The first kappa shape index (κ1) is 10.5. The number of carbonyl (C=O) groups excluding carboxylic acids is 1. The zero-order valence-electron chi connectivity index (χ0n) is 8.66. The molecule has 0 unspecified atom stereocenters. The van der Waals surface area contributed by atoms with Crippen LogP contribution in [-0.2, 0) is 11.2 Å². The summed E-state index contributed by atoms with van der Waals surface area (Å²) in [5.74, 6) is -0.0256. The number of halogens is 1. The standard InChI is InChI=1S/C12H14ClNO/c1-8(15)14-12-10-5-3-2-4-9(10)6-7-11(12)13/h2-5,11-12H,6-7H2,1H3,(H,14,15)/t11-,12+/m0/s1. The van der Waals surface area contributed by atoms with Crippen molar-refractivity contribution in [3.05, 3.63) is 35.4 Å². The minimum absolute atomic E-state index is 0.00352. The summed E-state index contributed by atoms with van der Waals surface area (Å²) in [5, 5.41) is 2.92. The molecule has 1 aliphatic carbocycles. The van der Waals surface area contributed by atoms with Crippen LogP contribution in [0.1, 0.15) is 30.5 Å². The summed E-state index contributed by atoms with van der Waals surface area (Å²) in [6, 6.07) is 8.13. The van der Waals surface area contributed by atoms with Gasteiger partial charge in [0.1, 0.15) is 0 Å². The van der Waals surface area contributed by atoms with Crippen molar-refractivity contribution in [3.63, 3.8) is 0 Å². The highest BCUT2D eigenvalue weighted by atomic mass is 35.5. The fraction of sp³-hybridized carbons (Fsp3) is 0.417. The van der Waals surface area contributed by atoms with E-state index < -0.39 is 0 Å².